The summed E-state index contributed by atoms with van der Waals surface area (Å²) < 4.78 is 0. The molecule has 0 aromatic carbocycles. The normalized spacial score (nSPS) is 17.0. The molecule has 0 amide bonds. The molecule has 0 atom stereocenters. The van der Waals surface area contributed by atoms with Crippen molar-refractivity contribution in [3.05, 3.63) is 0 Å². The van der Waals surface area contributed by atoms with E-state index in [4.69, 9.17) is 5.11 Å². The maximum Gasteiger partial charge on any atom is 0.104 e. The van der Waals surface area contributed by atoms with Gasteiger partial charge in [-0.05, 0) is 0 Å². The molecule has 1 N–H and O–H groups in total. The van der Waals surface area contributed by atoms with E-state index in [0.717, 1.165) is 0 Å². The Morgan fingerprint density at radius 3 is 2.20 bits per heavy atom. The third-order valence-electron chi connectivity index (χ3n) is 0.531. The van der Waals surface area contributed by atoms with Crippen LogP contribution in [0.5, 0.6) is 0 Å². The van der Waals surface area contributed by atoms with Crippen LogP contribution in [0.2, 0.25) is 0 Å². The molecule has 26 valence electrons. The molecule has 1 heteroatoms. The molecule has 0 heterocycles. The van der Waals surface area contributed by atoms with Crippen molar-refractivity contribution in [3.8, 4) is 11.8 Å². The first-order chi connectivity index (χ1) is 2.43. The summed E-state index contributed by atoms with van der Waals surface area (Å²) >= 11 is 0. The highest BCUT2D eigenvalue weighted by molar-refractivity contribution is 5.29. The van der Waals surface area contributed by atoms with Gasteiger partial charge in [-0.15, -0.1) is 0 Å². The number of aliphatic hydroxyl groups excluding tert-OH is 1. The third kappa shape index (κ3) is 0.398. The molecule has 0 radical (unpaired) electrons. The molecule has 0 saturated heterocycles. The fraction of sp³-hybridized carbons (Fsp3) is 0.500. The predicted octanol–water partition coefficient (Wildman–Crippen LogP) is -0.388. The summed E-state index contributed by atoms with van der Waals surface area (Å²) in [6, 6.07) is 0. The number of aliphatic hydroxyl groups is 1. The molecule has 5 heavy (non-hydrogen) atoms. The number of hydrogen-bond acceptors (Lipinski definition) is 1. The smallest absolute Gasteiger partial charge is 0.104 e. The highest BCUT2D eigenvalue weighted by Crippen LogP contribution is 1.99. The van der Waals surface area contributed by atoms with E-state index >= 15 is 0 Å². The van der Waals surface area contributed by atoms with Gasteiger partial charge in [0.2, 0.25) is 0 Å². The van der Waals surface area contributed by atoms with E-state index in [-0.39, 0.29) is 12.5 Å². The minimum absolute atomic E-state index is 0.190. The second kappa shape index (κ2) is 0.734. The van der Waals surface area contributed by atoms with E-state index in [1.165, 1.54) is 0 Å². The Hall–Kier alpha value is -0.480. The molecule has 0 aromatic heterocycles. The van der Waals surface area contributed by atoms with Gasteiger partial charge in [0.1, 0.15) is 5.92 Å². The van der Waals surface area contributed by atoms with Crippen LogP contribution in [0, 0.1) is 17.8 Å². The average Bonchev–Trinajstić information content (AvgIpc) is 2.12. The number of hydrogen-bond donors (Lipinski definition) is 1. The molecule has 0 aromatic rings. The second-order valence-corrected chi connectivity index (χ2v) is 1.02. The quantitative estimate of drug-likeness (QED) is 0.415. The maximum absolute atomic E-state index is 8.08. The van der Waals surface area contributed by atoms with Gasteiger partial charge in [0.25, 0.3) is 0 Å². The highest BCUT2D eigenvalue weighted by Gasteiger charge is 2.04. The van der Waals surface area contributed by atoms with Gasteiger partial charge >= 0.3 is 0 Å². The Morgan fingerprint density at radius 2 is 2.20 bits per heavy atom. The largest absolute Gasteiger partial charge is 0.394 e. The molecular weight excluding hydrogens is 64.0 g/mol. The average molecular weight is 68.1 g/mol. The van der Waals surface area contributed by atoms with Crippen LogP contribution in [-0.2, 0) is 0 Å². The van der Waals surface area contributed by atoms with Crippen molar-refractivity contribution in [3.63, 3.8) is 0 Å². The van der Waals surface area contributed by atoms with Crippen molar-refractivity contribution in [2.45, 2.75) is 0 Å². The second-order valence-electron chi connectivity index (χ2n) is 1.02. The van der Waals surface area contributed by atoms with E-state index in [1.807, 2.05) is 0 Å². The molecule has 0 fully saturated rings. The highest BCUT2D eigenvalue weighted by atomic mass is 16.3. The molecule has 0 aliphatic heterocycles. The predicted molar refractivity (Wildman–Crippen MR) is 18.4 cm³/mol. The molecule has 0 bridgehead atoms. The minimum atomic E-state index is 0.190. The van der Waals surface area contributed by atoms with Crippen molar-refractivity contribution >= 4 is 0 Å². The van der Waals surface area contributed by atoms with Crippen molar-refractivity contribution < 1.29 is 5.11 Å². The topological polar surface area (TPSA) is 20.2 Å². The van der Waals surface area contributed by atoms with Crippen LogP contribution in [-0.4, -0.2) is 11.7 Å². The summed E-state index contributed by atoms with van der Waals surface area (Å²) in [5.74, 6) is 5.56. The zero-order chi connectivity index (χ0) is 3.70. The van der Waals surface area contributed by atoms with Crippen molar-refractivity contribution in [2.75, 3.05) is 6.61 Å². The van der Waals surface area contributed by atoms with Crippen molar-refractivity contribution in [1.82, 2.24) is 0 Å². The van der Waals surface area contributed by atoms with Gasteiger partial charge in [-0.1, -0.05) is 11.8 Å². The van der Waals surface area contributed by atoms with E-state index in [2.05, 4.69) is 11.8 Å². The van der Waals surface area contributed by atoms with Crippen LogP contribution in [0.1, 0.15) is 0 Å². The maximum atomic E-state index is 8.08. The van der Waals surface area contributed by atoms with Crippen LogP contribution < -0.4 is 0 Å². The van der Waals surface area contributed by atoms with E-state index < -0.39 is 0 Å². The van der Waals surface area contributed by atoms with Gasteiger partial charge in [-0.25, -0.2) is 0 Å². The lowest BCUT2D eigenvalue weighted by Crippen LogP contribution is -1.84. The molecular formula is C4H4O. The lowest BCUT2D eigenvalue weighted by atomic mass is 10.4. The van der Waals surface area contributed by atoms with Gasteiger partial charge in [0, 0.05) is 0 Å². The van der Waals surface area contributed by atoms with E-state index in [0.29, 0.717) is 0 Å². The van der Waals surface area contributed by atoms with Crippen LogP contribution in [0.3, 0.4) is 0 Å². The molecule has 1 rings (SSSR count). The first kappa shape index (κ1) is 2.74. The molecule has 1 nitrogen and oxygen atoms in total. The third-order valence-corrected chi connectivity index (χ3v) is 0.531. The van der Waals surface area contributed by atoms with Gasteiger partial charge in [0.05, 0.1) is 6.61 Å². The Kier molecular flexibility index (Phi) is 0.402. The van der Waals surface area contributed by atoms with Gasteiger partial charge < -0.3 is 5.11 Å². The van der Waals surface area contributed by atoms with Crippen LogP contribution in [0.4, 0.5) is 0 Å². The fourth-order valence-corrected chi connectivity index (χ4v) is 0.150. The van der Waals surface area contributed by atoms with Crippen molar-refractivity contribution in [2.24, 2.45) is 5.92 Å². The first-order valence-corrected chi connectivity index (χ1v) is 1.55. The molecule has 0 unspecified atom stereocenters. The lowest BCUT2D eigenvalue weighted by Gasteiger charge is -1.74. The summed E-state index contributed by atoms with van der Waals surface area (Å²) in [5.41, 5.74) is 0. The van der Waals surface area contributed by atoms with E-state index in [9.17, 15) is 0 Å². The van der Waals surface area contributed by atoms with Gasteiger partial charge in [-0.2, -0.15) is 0 Å². The van der Waals surface area contributed by atoms with Gasteiger partial charge in [0.15, 0.2) is 0 Å². The van der Waals surface area contributed by atoms with Crippen LogP contribution >= 0.6 is 0 Å². The molecule has 0 saturated carbocycles. The summed E-state index contributed by atoms with van der Waals surface area (Å²) in [4.78, 5) is 0. The Balaban J connectivity index is 2.08. The zero-order valence-corrected chi connectivity index (χ0v) is 2.73. The fourth-order valence-electron chi connectivity index (χ4n) is 0.150. The van der Waals surface area contributed by atoms with Gasteiger partial charge in [-0.3, -0.25) is 0 Å². The first-order valence-electron chi connectivity index (χ1n) is 1.55. The summed E-state index contributed by atoms with van der Waals surface area (Å²) in [6.07, 6.45) is 0. The Bertz CT molecular complexity index is 77.6. The molecule has 0 spiro atoms. The standard InChI is InChI=1S/C4H4O/c5-3-4-1-2-4/h4-5H,3H2. The summed E-state index contributed by atoms with van der Waals surface area (Å²) in [7, 11) is 0. The van der Waals surface area contributed by atoms with Crippen LogP contribution in [0.15, 0.2) is 0 Å². The number of rotatable bonds is 1. The van der Waals surface area contributed by atoms with E-state index in [1.54, 1.807) is 0 Å². The monoisotopic (exact) mass is 68.0 g/mol. The van der Waals surface area contributed by atoms with Crippen LogP contribution in [0.25, 0.3) is 0 Å². The van der Waals surface area contributed by atoms with Crippen molar-refractivity contribution in [1.29, 1.82) is 0 Å². The Morgan fingerprint density at radius 1 is 1.60 bits per heavy atom. The summed E-state index contributed by atoms with van der Waals surface area (Å²) in [6.45, 7) is 0.194. The molecule has 1 aliphatic carbocycles. The Labute approximate surface area is 30.6 Å². The minimum Gasteiger partial charge on any atom is -0.394 e. The zero-order valence-electron chi connectivity index (χ0n) is 2.73. The summed E-state index contributed by atoms with van der Waals surface area (Å²) in [5, 5.41) is 8.08. The molecule has 1 aliphatic rings. The SMILES string of the molecule is OCC1C#C1. The lowest BCUT2D eigenvalue weighted by molar-refractivity contribution is 0.288.